The second-order valence-electron chi connectivity index (χ2n) is 7.17. The highest BCUT2D eigenvalue weighted by molar-refractivity contribution is 6.03. The van der Waals surface area contributed by atoms with Crippen LogP contribution in [0.1, 0.15) is 85.1 Å². The maximum Gasteiger partial charge on any atom is 0.339 e. The summed E-state index contributed by atoms with van der Waals surface area (Å²) in [4.78, 5) is 26.8. The molecule has 6 nitrogen and oxygen atoms in total. The summed E-state index contributed by atoms with van der Waals surface area (Å²) in [6.07, 6.45) is 12.6. The number of nitrogens with zero attached hydrogens (tertiary/aromatic N) is 3. The van der Waals surface area contributed by atoms with Gasteiger partial charge in [-0.3, -0.25) is 9.48 Å². The van der Waals surface area contributed by atoms with Crippen molar-refractivity contribution in [3.63, 3.8) is 0 Å². The van der Waals surface area contributed by atoms with E-state index in [4.69, 9.17) is 0 Å². The molecule has 0 aromatic carbocycles. The summed E-state index contributed by atoms with van der Waals surface area (Å²) < 4.78 is 1.43. The molecular weight excluding hydrogens is 306 g/mol. The fraction of sp³-hybridized carbons (Fsp3) is 0.722. The first-order chi connectivity index (χ1) is 11.6. The summed E-state index contributed by atoms with van der Waals surface area (Å²) in [5.41, 5.74) is 0.111. The van der Waals surface area contributed by atoms with Crippen molar-refractivity contribution in [1.82, 2.24) is 14.7 Å². The molecule has 2 fully saturated rings. The Morgan fingerprint density at radius 3 is 2.00 bits per heavy atom. The molecule has 0 aliphatic heterocycles. The molecule has 1 amide bonds. The van der Waals surface area contributed by atoms with Crippen LogP contribution < -0.4 is 0 Å². The first-order valence-electron chi connectivity index (χ1n) is 9.17. The highest BCUT2D eigenvalue weighted by Gasteiger charge is 2.35. The summed E-state index contributed by atoms with van der Waals surface area (Å²) in [6, 6.07) is 0.469. The predicted molar refractivity (Wildman–Crippen MR) is 90.1 cm³/mol. The van der Waals surface area contributed by atoms with Gasteiger partial charge in [-0.15, -0.1) is 0 Å². The maximum atomic E-state index is 13.3. The van der Waals surface area contributed by atoms with Crippen molar-refractivity contribution in [2.45, 2.75) is 76.3 Å². The van der Waals surface area contributed by atoms with Crippen molar-refractivity contribution in [2.75, 3.05) is 0 Å². The van der Waals surface area contributed by atoms with E-state index in [1.54, 1.807) is 7.05 Å². The third kappa shape index (κ3) is 3.47. The van der Waals surface area contributed by atoms with Crippen LogP contribution in [0.3, 0.4) is 0 Å². The number of rotatable bonds is 4. The number of carboxylic acids is 1. The van der Waals surface area contributed by atoms with Crippen LogP contribution in [-0.4, -0.2) is 43.7 Å². The van der Waals surface area contributed by atoms with E-state index in [9.17, 15) is 14.7 Å². The fourth-order valence-corrected chi connectivity index (χ4v) is 4.27. The summed E-state index contributed by atoms with van der Waals surface area (Å²) in [5, 5.41) is 13.6. The van der Waals surface area contributed by atoms with Gasteiger partial charge in [0, 0.05) is 25.3 Å². The lowest BCUT2D eigenvalue weighted by molar-refractivity contribution is 0.0435. The zero-order valence-electron chi connectivity index (χ0n) is 14.4. The van der Waals surface area contributed by atoms with Crippen molar-refractivity contribution < 1.29 is 14.7 Å². The van der Waals surface area contributed by atoms with Gasteiger partial charge < -0.3 is 10.0 Å². The molecule has 3 rings (SSSR count). The Labute approximate surface area is 142 Å². The van der Waals surface area contributed by atoms with Crippen LogP contribution >= 0.6 is 0 Å². The minimum atomic E-state index is -1.08. The van der Waals surface area contributed by atoms with Crippen molar-refractivity contribution in [2.24, 2.45) is 7.05 Å². The van der Waals surface area contributed by atoms with Crippen LogP contribution in [0.2, 0.25) is 0 Å². The normalized spacial score (nSPS) is 20.0. The van der Waals surface area contributed by atoms with Gasteiger partial charge >= 0.3 is 5.97 Å². The van der Waals surface area contributed by atoms with Gasteiger partial charge in [0.1, 0.15) is 5.56 Å². The van der Waals surface area contributed by atoms with Crippen LogP contribution in [0.25, 0.3) is 0 Å². The molecule has 1 N–H and O–H groups in total. The van der Waals surface area contributed by atoms with E-state index in [2.05, 4.69) is 5.10 Å². The van der Waals surface area contributed by atoms with Crippen molar-refractivity contribution in [1.29, 1.82) is 0 Å². The molecule has 1 heterocycles. The molecule has 0 radical (unpaired) electrons. The average molecular weight is 333 g/mol. The van der Waals surface area contributed by atoms with Gasteiger partial charge in [-0.1, -0.05) is 38.5 Å². The molecule has 24 heavy (non-hydrogen) atoms. The topological polar surface area (TPSA) is 75.4 Å². The molecule has 0 bridgehead atoms. The number of hydrogen-bond acceptors (Lipinski definition) is 3. The number of carboxylic acid groups (broad SMARTS) is 1. The largest absolute Gasteiger partial charge is 0.478 e. The van der Waals surface area contributed by atoms with Crippen LogP contribution in [0.15, 0.2) is 6.20 Å². The first-order valence-corrected chi connectivity index (χ1v) is 9.17. The average Bonchev–Trinajstić information content (AvgIpc) is 2.99. The second-order valence-corrected chi connectivity index (χ2v) is 7.17. The van der Waals surface area contributed by atoms with E-state index < -0.39 is 5.97 Å². The Balaban J connectivity index is 1.91. The van der Waals surface area contributed by atoms with Crippen LogP contribution in [0, 0.1) is 0 Å². The Hall–Kier alpha value is -1.85. The van der Waals surface area contributed by atoms with Crippen LogP contribution in [0.5, 0.6) is 0 Å². The lowest BCUT2D eigenvalue weighted by atomic mass is 9.88. The minimum Gasteiger partial charge on any atom is -0.478 e. The molecule has 0 atom stereocenters. The predicted octanol–water partition coefficient (Wildman–Crippen LogP) is 3.23. The Kier molecular flexibility index (Phi) is 5.21. The minimum absolute atomic E-state index is 0.0131. The number of aromatic carboxylic acids is 1. The van der Waals surface area contributed by atoms with Crippen molar-refractivity contribution in [3.8, 4) is 0 Å². The number of carbonyl (C=O) groups is 2. The van der Waals surface area contributed by atoms with E-state index in [1.807, 2.05) is 4.90 Å². The number of hydrogen-bond donors (Lipinski definition) is 1. The second kappa shape index (κ2) is 7.36. The molecular formula is C18H27N3O3. The van der Waals surface area contributed by atoms with E-state index in [0.29, 0.717) is 0 Å². The van der Waals surface area contributed by atoms with Gasteiger partial charge in [0.25, 0.3) is 5.91 Å². The van der Waals surface area contributed by atoms with E-state index in [-0.39, 0.29) is 29.2 Å². The van der Waals surface area contributed by atoms with Gasteiger partial charge in [0.15, 0.2) is 5.69 Å². The summed E-state index contributed by atoms with van der Waals surface area (Å²) >= 11 is 0. The van der Waals surface area contributed by atoms with E-state index in [1.165, 1.54) is 23.7 Å². The molecule has 2 aliphatic rings. The Morgan fingerprint density at radius 1 is 1.04 bits per heavy atom. The lowest BCUT2D eigenvalue weighted by Gasteiger charge is -2.41. The van der Waals surface area contributed by atoms with E-state index in [0.717, 1.165) is 51.4 Å². The van der Waals surface area contributed by atoms with Gasteiger partial charge in [-0.05, 0) is 25.7 Å². The summed E-state index contributed by atoms with van der Waals surface area (Å²) in [7, 11) is 1.66. The molecule has 6 heteroatoms. The van der Waals surface area contributed by atoms with Gasteiger partial charge in [-0.2, -0.15) is 5.10 Å². The molecule has 2 aliphatic carbocycles. The van der Waals surface area contributed by atoms with Gasteiger partial charge in [0.05, 0.1) is 0 Å². The van der Waals surface area contributed by atoms with Gasteiger partial charge in [0.2, 0.25) is 0 Å². The molecule has 0 spiro atoms. The molecule has 1 aromatic heterocycles. The molecule has 0 saturated heterocycles. The lowest BCUT2D eigenvalue weighted by Crippen LogP contribution is -2.49. The monoisotopic (exact) mass is 333 g/mol. The maximum absolute atomic E-state index is 13.3. The summed E-state index contributed by atoms with van der Waals surface area (Å²) in [5.74, 6) is -1.27. The number of carbonyl (C=O) groups excluding carboxylic acids is 1. The third-order valence-electron chi connectivity index (χ3n) is 5.43. The SMILES string of the molecule is Cn1cc(C(=O)O)c(C(=O)N(C2CCCCC2)C2CCCCC2)n1. The zero-order chi connectivity index (χ0) is 17.1. The molecule has 132 valence electrons. The van der Waals surface area contributed by atoms with Crippen molar-refractivity contribution >= 4 is 11.9 Å². The van der Waals surface area contributed by atoms with Crippen LogP contribution in [-0.2, 0) is 7.05 Å². The highest BCUT2D eigenvalue weighted by atomic mass is 16.4. The Bertz CT molecular complexity index is 581. The smallest absolute Gasteiger partial charge is 0.339 e. The number of aryl methyl sites for hydroxylation is 1. The molecule has 0 unspecified atom stereocenters. The first kappa shape index (κ1) is 17.0. The summed E-state index contributed by atoms with van der Waals surface area (Å²) in [6.45, 7) is 0. The quantitative estimate of drug-likeness (QED) is 0.918. The molecule has 1 aromatic rings. The third-order valence-corrected chi connectivity index (χ3v) is 5.43. The number of amides is 1. The number of aromatic nitrogens is 2. The van der Waals surface area contributed by atoms with Gasteiger partial charge in [-0.25, -0.2) is 4.79 Å². The molecule has 2 saturated carbocycles. The van der Waals surface area contributed by atoms with Crippen LogP contribution in [0.4, 0.5) is 0 Å². The van der Waals surface area contributed by atoms with E-state index >= 15 is 0 Å². The van der Waals surface area contributed by atoms with Crippen molar-refractivity contribution in [3.05, 3.63) is 17.5 Å². The Morgan fingerprint density at radius 2 is 1.54 bits per heavy atom. The standard InChI is InChI=1S/C18H27N3O3/c1-20-12-15(18(23)24)16(19-20)17(22)21(13-8-4-2-5-9-13)14-10-6-3-7-11-14/h12-14H,2-11H2,1H3,(H,23,24). The zero-order valence-corrected chi connectivity index (χ0v) is 14.4. The fourth-order valence-electron chi connectivity index (χ4n) is 4.27. The highest BCUT2D eigenvalue weighted by Crippen LogP contribution is 2.31.